The molecule has 0 fully saturated rings. The van der Waals surface area contributed by atoms with Crippen LogP contribution in [0.5, 0.6) is 5.75 Å². The van der Waals surface area contributed by atoms with Gasteiger partial charge in [-0.2, -0.15) is 23.1 Å². The summed E-state index contributed by atoms with van der Waals surface area (Å²) >= 11 is 0.585. The highest BCUT2D eigenvalue weighted by molar-refractivity contribution is 7.12. The topological polar surface area (TPSA) is 80.5 Å². The molecule has 4 rings (SSSR count). The number of fused-ring (bicyclic) bond motifs is 1. The molecule has 1 N–H and O–H groups in total. The van der Waals surface area contributed by atoms with Crippen molar-refractivity contribution in [3.8, 4) is 5.75 Å². The maximum atomic E-state index is 12.8. The first-order valence-corrected chi connectivity index (χ1v) is 10.2. The molecule has 31 heavy (non-hydrogen) atoms. The number of β-amino-alcohol motifs (C(OH)–C–C–N with tert-alkyl or cyclic N) is 1. The van der Waals surface area contributed by atoms with E-state index in [9.17, 15) is 23.1 Å². The van der Waals surface area contributed by atoms with E-state index in [-0.39, 0.29) is 19.0 Å². The Morgan fingerprint density at radius 2 is 2.03 bits per heavy atom. The standard InChI is InChI=1S/C20H19F3N4O3S/c1-11-24-18(26-8-12-7-13(30-2)3-5-15(12)16(28)10-26)25-19(29)27(11)9-14-4-6-17(31-14)20(21,22)23/h3-7,16,28H,8-10H2,1-2H3. The third-order valence-electron chi connectivity index (χ3n) is 5.08. The van der Waals surface area contributed by atoms with Gasteiger partial charge < -0.3 is 14.7 Å². The predicted octanol–water partition coefficient (Wildman–Crippen LogP) is 3.14. The molecule has 3 heterocycles. The van der Waals surface area contributed by atoms with E-state index in [0.717, 1.165) is 17.2 Å². The van der Waals surface area contributed by atoms with Crippen molar-refractivity contribution >= 4 is 17.3 Å². The molecule has 2 aromatic heterocycles. The Kier molecular flexibility index (Phi) is 5.48. The minimum absolute atomic E-state index is 0.0473. The number of rotatable bonds is 4. The maximum absolute atomic E-state index is 12.8. The number of hydrogen-bond donors (Lipinski definition) is 1. The number of ether oxygens (including phenoxy) is 1. The maximum Gasteiger partial charge on any atom is 0.425 e. The van der Waals surface area contributed by atoms with Gasteiger partial charge in [0.1, 0.15) is 16.5 Å². The van der Waals surface area contributed by atoms with Crippen LogP contribution in [0, 0.1) is 6.92 Å². The fraction of sp³-hybridized carbons (Fsp3) is 0.350. The van der Waals surface area contributed by atoms with Gasteiger partial charge in [-0.05, 0) is 42.3 Å². The lowest BCUT2D eigenvalue weighted by Gasteiger charge is -2.32. The Bertz CT molecular complexity index is 1180. The third-order valence-corrected chi connectivity index (χ3v) is 6.20. The molecular formula is C20H19F3N4O3S. The molecule has 1 aliphatic rings. The summed E-state index contributed by atoms with van der Waals surface area (Å²) < 4.78 is 44.9. The highest BCUT2D eigenvalue weighted by Gasteiger charge is 2.32. The van der Waals surface area contributed by atoms with Gasteiger partial charge in [0.25, 0.3) is 0 Å². The molecule has 1 aliphatic heterocycles. The van der Waals surface area contributed by atoms with E-state index in [1.54, 1.807) is 31.1 Å². The van der Waals surface area contributed by atoms with Crippen molar-refractivity contribution in [3.05, 3.63) is 67.5 Å². The Morgan fingerprint density at radius 3 is 2.68 bits per heavy atom. The van der Waals surface area contributed by atoms with Gasteiger partial charge in [0.15, 0.2) is 0 Å². The van der Waals surface area contributed by atoms with Crippen molar-refractivity contribution in [2.24, 2.45) is 0 Å². The second-order valence-electron chi connectivity index (χ2n) is 7.16. The van der Waals surface area contributed by atoms with Crippen LogP contribution in [0.25, 0.3) is 0 Å². The van der Waals surface area contributed by atoms with Crippen molar-refractivity contribution in [1.29, 1.82) is 0 Å². The van der Waals surface area contributed by atoms with E-state index >= 15 is 0 Å². The van der Waals surface area contributed by atoms with E-state index in [1.807, 2.05) is 6.07 Å². The van der Waals surface area contributed by atoms with E-state index in [2.05, 4.69) is 9.97 Å². The summed E-state index contributed by atoms with van der Waals surface area (Å²) in [6, 6.07) is 7.73. The number of alkyl halides is 3. The van der Waals surface area contributed by atoms with Crippen LogP contribution in [0.2, 0.25) is 0 Å². The number of methoxy groups -OCH3 is 1. The fourth-order valence-electron chi connectivity index (χ4n) is 3.51. The molecule has 0 bridgehead atoms. The predicted molar refractivity (Wildman–Crippen MR) is 108 cm³/mol. The Labute approximate surface area is 179 Å². The molecule has 0 aliphatic carbocycles. The average Bonchev–Trinajstić information content (AvgIpc) is 3.19. The first kappa shape index (κ1) is 21.3. The quantitative estimate of drug-likeness (QED) is 0.655. The lowest BCUT2D eigenvalue weighted by Crippen LogP contribution is -2.38. The minimum Gasteiger partial charge on any atom is -0.497 e. The number of anilines is 1. The van der Waals surface area contributed by atoms with Crippen LogP contribution in [-0.2, 0) is 19.3 Å². The summed E-state index contributed by atoms with van der Waals surface area (Å²) in [5.41, 5.74) is 0.998. The monoisotopic (exact) mass is 452 g/mol. The lowest BCUT2D eigenvalue weighted by molar-refractivity contribution is -0.134. The first-order valence-electron chi connectivity index (χ1n) is 9.37. The van der Waals surface area contributed by atoms with Crippen LogP contribution in [0.1, 0.15) is 32.8 Å². The molecule has 0 spiro atoms. The SMILES string of the molecule is COc1ccc2c(c1)CN(c1nc(C)n(Cc3ccc(C(F)(F)F)s3)c(=O)n1)CC2O. The minimum atomic E-state index is -4.42. The lowest BCUT2D eigenvalue weighted by atomic mass is 9.97. The molecule has 164 valence electrons. The van der Waals surface area contributed by atoms with E-state index < -0.39 is 22.8 Å². The van der Waals surface area contributed by atoms with Gasteiger partial charge in [0, 0.05) is 11.4 Å². The van der Waals surface area contributed by atoms with Crippen molar-refractivity contribution in [2.45, 2.75) is 32.3 Å². The van der Waals surface area contributed by atoms with E-state index in [1.165, 1.54) is 10.6 Å². The van der Waals surface area contributed by atoms with Crippen LogP contribution in [0.4, 0.5) is 19.1 Å². The van der Waals surface area contributed by atoms with Crippen LogP contribution < -0.4 is 15.3 Å². The molecular weight excluding hydrogens is 433 g/mol. The van der Waals surface area contributed by atoms with Crippen molar-refractivity contribution in [3.63, 3.8) is 0 Å². The van der Waals surface area contributed by atoms with Crippen molar-refractivity contribution in [2.75, 3.05) is 18.6 Å². The van der Waals surface area contributed by atoms with E-state index in [4.69, 9.17) is 4.74 Å². The number of aliphatic hydroxyl groups is 1. The summed E-state index contributed by atoms with van der Waals surface area (Å²) in [7, 11) is 1.55. The number of benzene rings is 1. The summed E-state index contributed by atoms with van der Waals surface area (Å²) in [5.74, 6) is 1.13. The number of aryl methyl sites for hydroxylation is 1. The summed E-state index contributed by atoms with van der Waals surface area (Å²) in [5, 5.41) is 10.5. The van der Waals surface area contributed by atoms with Crippen LogP contribution in [0.3, 0.4) is 0 Å². The summed E-state index contributed by atoms with van der Waals surface area (Å²) in [6.07, 6.45) is -5.20. The smallest absolute Gasteiger partial charge is 0.425 e. The molecule has 0 amide bonds. The first-order chi connectivity index (χ1) is 14.7. The van der Waals surface area contributed by atoms with Gasteiger partial charge in [-0.15, -0.1) is 11.3 Å². The number of aliphatic hydroxyl groups excluding tert-OH is 1. The van der Waals surface area contributed by atoms with Gasteiger partial charge >= 0.3 is 11.9 Å². The molecule has 0 radical (unpaired) electrons. The number of aromatic nitrogens is 3. The van der Waals surface area contributed by atoms with E-state index in [0.29, 0.717) is 34.3 Å². The largest absolute Gasteiger partial charge is 0.497 e. The fourth-order valence-corrected chi connectivity index (χ4v) is 4.37. The Hall–Kier alpha value is -2.92. The molecule has 11 heteroatoms. The zero-order valence-electron chi connectivity index (χ0n) is 16.7. The van der Waals surface area contributed by atoms with Crippen molar-refractivity contribution in [1.82, 2.24) is 14.5 Å². The molecule has 7 nitrogen and oxygen atoms in total. The molecule has 0 saturated heterocycles. The van der Waals surface area contributed by atoms with Gasteiger partial charge in [-0.1, -0.05) is 6.07 Å². The van der Waals surface area contributed by atoms with Crippen LogP contribution in [0.15, 0.2) is 35.1 Å². The molecule has 3 aromatic rings. The molecule has 1 atom stereocenters. The van der Waals surface area contributed by atoms with Gasteiger partial charge in [0.2, 0.25) is 5.95 Å². The number of nitrogens with zero attached hydrogens (tertiary/aromatic N) is 4. The summed E-state index contributed by atoms with van der Waals surface area (Å²) in [6.45, 7) is 2.14. The molecule has 1 unspecified atom stereocenters. The van der Waals surface area contributed by atoms with Gasteiger partial charge in [0.05, 0.1) is 26.3 Å². The second-order valence-corrected chi connectivity index (χ2v) is 8.33. The Morgan fingerprint density at radius 1 is 1.26 bits per heavy atom. The molecule has 0 saturated carbocycles. The average molecular weight is 452 g/mol. The highest BCUT2D eigenvalue weighted by Crippen LogP contribution is 2.35. The third kappa shape index (κ3) is 4.28. The second kappa shape index (κ2) is 7.97. The number of hydrogen-bond acceptors (Lipinski definition) is 7. The van der Waals surface area contributed by atoms with Gasteiger partial charge in [-0.3, -0.25) is 4.57 Å². The molecule has 1 aromatic carbocycles. The zero-order valence-corrected chi connectivity index (χ0v) is 17.5. The zero-order chi connectivity index (χ0) is 22.3. The van der Waals surface area contributed by atoms with Crippen molar-refractivity contribution < 1.29 is 23.0 Å². The normalized spacial score (nSPS) is 16.3. The highest BCUT2D eigenvalue weighted by atomic mass is 32.1. The number of halogens is 3. The van der Waals surface area contributed by atoms with Crippen LogP contribution in [-0.4, -0.2) is 33.3 Å². The van der Waals surface area contributed by atoms with Crippen LogP contribution >= 0.6 is 11.3 Å². The number of thiophene rings is 1. The summed E-state index contributed by atoms with van der Waals surface area (Å²) in [4.78, 5) is 22.4. The Balaban J connectivity index is 1.60. The van der Waals surface area contributed by atoms with Gasteiger partial charge in [-0.25, -0.2) is 4.79 Å².